The van der Waals surface area contributed by atoms with Crippen molar-refractivity contribution in [3.05, 3.63) is 53.4 Å². The average molecular weight is 377 g/mol. The number of H-pyrrole nitrogens is 1. The molecule has 1 aliphatic rings. The maximum absolute atomic E-state index is 12.6. The van der Waals surface area contributed by atoms with Crippen molar-refractivity contribution in [1.82, 2.24) is 35.3 Å². The molecular formula is C20H23N7O. The number of carbonyl (C=O) groups excluding carboxylic acids is 1. The van der Waals surface area contributed by atoms with Gasteiger partial charge in [0.05, 0.1) is 6.20 Å². The van der Waals surface area contributed by atoms with E-state index in [1.807, 2.05) is 41.9 Å². The van der Waals surface area contributed by atoms with Gasteiger partial charge in [0.2, 0.25) is 11.7 Å². The Labute approximate surface area is 163 Å². The SMILES string of the molecule is Cc1c(CCC(=O)N2CC=C(c3ccc(-c4nn[nH]n4)cc3)CC2)cnn1C. The normalized spacial score (nSPS) is 14.2. The van der Waals surface area contributed by atoms with Crippen LogP contribution in [-0.4, -0.2) is 54.3 Å². The zero-order valence-corrected chi connectivity index (χ0v) is 16.1. The summed E-state index contributed by atoms with van der Waals surface area (Å²) in [5.41, 5.74) is 5.64. The molecule has 0 saturated heterocycles. The smallest absolute Gasteiger partial charge is 0.223 e. The van der Waals surface area contributed by atoms with Crippen LogP contribution in [0.2, 0.25) is 0 Å². The lowest BCUT2D eigenvalue weighted by Crippen LogP contribution is -2.34. The number of tetrazole rings is 1. The second kappa shape index (κ2) is 7.75. The molecule has 0 spiro atoms. The van der Waals surface area contributed by atoms with Gasteiger partial charge in [-0.1, -0.05) is 30.3 Å². The van der Waals surface area contributed by atoms with Crippen LogP contribution in [-0.2, 0) is 18.3 Å². The van der Waals surface area contributed by atoms with Crippen LogP contribution in [0.5, 0.6) is 0 Å². The van der Waals surface area contributed by atoms with Gasteiger partial charge < -0.3 is 4.90 Å². The summed E-state index contributed by atoms with van der Waals surface area (Å²) in [5, 5.41) is 18.3. The Morgan fingerprint density at radius 3 is 2.61 bits per heavy atom. The lowest BCUT2D eigenvalue weighted by atomic mass is 9.98. The number of hydrogen-bond donors (Lipinski definition) is 1. The lowest BCUT2D eigenvalue weighted by Gasteiger charge is -2.27. The van der Waals surface area contributed by atoms with Crippen molar-refractivity contribution in [1.29, 1.82) is 0 Å². The number of amides is 1. The predicted molar refractivity (Wildman–Crippen MR) is 105 cm³/mol. The van der Waals surface area contributed by atoms with Crippen molar-refractivity contribution >= 4 is 11.5 Å². The molecule has 0 saturated carbocycles. The monoisotopic (exact) mass is 377 g/mol. The van der Waals surface area contributed by atoms with Crippen LogP contribution in [0.15, 0.2) is 36.5 Å². The Morgan fingerprint density at radius 2 is 2.00 bits per heavy atom. The predicted octanol–water partition coefficient (Wildman–Crippen LogP) is 2.16. The van der Waals surface area contributed by atoms with E-state index in [4.69, 9.17) is 0 Å². The number of hydrogen-bond acceptors (Lipinski definition) is 5. The maximum atomic E-state index is 12.6. The summed E-state index contributed by atoms with van der Waals surface area (Å²) in [4.78, 5) is 14.5. The third-order valence-corrected chi connectivity index (χ3v) is 5.37. The molecule has 4 rings (SSSR count). The van der Waals surface area contributed by atoms with Gasteiger partial charge in [0.15, 0.2) is 0 Å². The van der Waals surface area contributed by atoms with Crippen molar-refractivity contribution in [2.24, 2.45) is 7.05 Å². The quantitative estimate of drug-likeness (QED) is 0.735. The topological polar surface area (TPSA) is 92.6 Å². The fourth-order valence-corrected chi connectivity index (χ4v) is 3.46. The second-order valence-corrected chi connectivity index (χ2v) is 7.01. The molecule has 8 heteroatoms. The Balaban J connectivity index is 1.35. The first-order valence-corrected chi connectivity index (χ1v) is 9.40. The second-order valence-electron chi connectivity index (χ2n) is 7.01. The average Bonchev–Trinajstić information content (AvgIpc) is 3.38. The first kappa shape index (κ1) is 18.1. The summed E-state index contributed by atoms with van der Waals surface area (Å²) >= 11 is 0. The fraction of sp³-hybridized carbons (Fsp3) is 0.350. The molecule has 3 aromatic rings. The first-order valence-electron chi connectivity index (χ1n) is 9.40. The number of benzene rings is 1. The highest BCUT2D eigenvalue weighted by molar-refractivity contribution is 5.78. The summed E-state index contributed by atoms with van der Waals surface area (Å²) in [7, 11) is 1.92. The van der Waals surface area contributed by atoms with Gasteiger partial charge in [-0.2, -0.15) is 10.3 Å². The molecule has 0 aliphatic carbocycles. The van der Waals surface area contributed by atoms with E-state index >= 15 is 0 Å². The number of aromatic nitrogens is 6. The number of nitrogens with one attached hydrogen (secondary N) is 1. The van der Waals surface area contributed by atoms with Crippen molar-refractivity contribution in [2.45, 2.75) is 26.2 Å². The third kappa shape index (κ3) is 3.71. The van der Waals surface area contributed by atoms with E-state index < -0.39 is 0 Å². The van der Waals surface area contributed by atoms with E-state index in [0.717, 1.165) is 36.2 Å². The molecule has 0 atom stereocenters. The molecule has 0 radical (unpaired) electrons. The molecular weight excluding hydrogens is 354 g/mol. The maximum Gasteiger partial charge on any atom is 0.223 e. The van der Waals surface area contributed by atoms with Crippen LogP contribution in [0.3, 0.4) is 0 Å². The largest absolute Gasteiger partial charge is 0.339 e. The van der Waals surface area contributed by atoms with Crippen LogP contribution >= 0.6 is 0 Å². The van der Waals surface area contributed by atoms with E-state index in [-0.39, 0.29) is 5.91 Å². The number of nitrogens with zero attached hydrogens (tertiary/aromatic N) is 6. The Hall–Kier alpha value is -3.29. The minimum Gasteiger partial charge on any atom is -0.339 e. The molecule has 28 heavy (non-hydrogen) atoms. The number of aromatic amines is 1. The van der Waals surface area contributed by atoms with E-state index in [9.17, 15) is 4.79 Å². The minimum absolute atomic E-state index is 0.200. The van der Waals surface area contributed by atoms with Crippen LogP contribution in [0.4, 0.5) is 0 Å². The lowest BCUT2D eigenvalue weighted by molar-refractivity contribution is -0.130. The van der Waals surface area contributed by atoms with Gasteiger partial charge in [0.25, 0.3) is 0 Å². The summed E-state index contributed by atoms with van der Waals surface area (Å²) in [6, 6.07) is 8.13. The van der Waals surface area contributed by atoms with Crippen LogP contribution in [0.1, 0.15) is 29.7 Å². The molecule has 1 N–H and O–H groups in total. The van der Waals surface area contributed by atoms with Crippen molar-refractivity contribution in [3.8, 4) is 11.4 Å². The van der Waals surface area contributed by atoms with Gasteiger partial charge in [0.1, 0.15) is 0 Å². The molecule has 3 heterocycles. The third-order valence-electron chi connectivity index (χ3n) is 5.37. The molecule has 0 unspecified atom stereocenters. The molecule has 1 aliphatic heterocycles. The summed E-state index contributed by atoms with van der Waals surface area (Å²) in [6.07, 6.45) is 6.13. The fourth-order valence-electron chi connectivity index (χ4n) is 3.46. The molecule has 2 aromatic heterocycles. The Bertz CT molecular complexity index is 986. The number of rotatable bonds is 5. The standard InChI is InChI=1S/C20H23N7O/c1-14-18(13-21-26(14)2)7-8-19(28)27-11-9-16(10-12-27)15-3-5-17(6-4-15)20-22-24-25-23-20/h3-6,9,13H,7-8,10-12H2,1-2H3,(H,22,23,24,25). The van der Waals surface area contributed by atoms with Gasteiger partial charge in [-0.15, -0.1) is 10.2 Å². The van der Waals surface area contributed by atoms with Gasteiger partial charge in [-0.05, 0) is 41.7 Å². The Morgan fingerprint density at radius 1 is 1.21 bits per heavy atom. The van der Waals surface area contributed by atoms with Gasteiger partial charge in [-0.25, -0.2) is 0 Å². The van der Waals surface area contributed by atoms with Crippen LogP contribution in [0, 0.1) is 6.92 Å². The number of aryl methyl sites for hydroxylation is 2. The number of carbonyl (C=O) groups is 1. The van der Waals surface area contributed by atoms with E-state index in [1.165, 1.54) is 11.1 Å². The minimum atomic E-state index is 0.200. The molecule has 144 valence electrons. The van der Waals surface area contributed by atoms with E-state index in [1.54, 1.807) is 0 Å². The highest BCUT2D eigenvalue weighted by Crippen LogP contribution is 2.25. The van der Waals surface area contributed by atoms with Crippen molar-refractivity contribution in [3.63, 3.8) is 0 Å². The summed E-state index contributed by atoms with van der Waals surface area (Å²) < 4.78 is 1.85. The van der Waals surface area contributed by atoms with Crippen molar-refractivity contribution < 1.29 is 4.79 Å². The van der Waals surface area contributed by atoms with Gasteiger partial charge >= 0.3 is 0 Å². The Kier molecular flexibility index (Phi) is 5.01. The zero-order chi connectivity index (χ0) is 19.5. The molecule has 1 amide bonds. The summed E-state index contributed by atoms with van der Waals surface area (Å²) in [6.45, 7) is 3.45. The highest BCUT2D eigenvalue weighted by atomic mass is 16.2. The molecule has 0 bridgehead atoms. The highest BCUT2D eigenvalue weighted by Gasteiger charge is 2.18. The van der Waals surface area contributed by atoms with E-state index in [0.29, 0.717) is 18.8 Å². The van der Waals surface area contributed by atoms with Crippen LogP contribution in [0.25, 0.3) is 17.0 Å². The molecule has 1 aromatic carbocycles. The molecule has 8 nitrogen and oxygen atoms in total. The summed E-state index contributed by atoms with van der Waals surface area (Å²) in [5.74, 6) is 0.788. The van der Waals surface area contributed by atoms with Gasteiger partial charge in [-0.3, -0.25) is 9.48 Å². The van der Waals surface area contributed by atoms with Crippen LogP contribution < -0.4 is 0 Å². The van der Waals surface area contributed by atoms with E-state index in [2.05, 4.69) is 43.9 Å². The molecule has 0 fully saturated rings. The van der Waals surface area contributed by atoms with Gasteiger partial charge in [0, 0.05) is 37.8 Å². The first-order chi connectivity index (χ1) is 13.6. The van der Waals surface area contributed by atoms with Crippen molar-refractivity contribution in [2.75, 3.05) is 13.1 Å². The zero-order valence-electron chi connectivity index (χ0n) is 16.1.